The van der Waals surface area contributed by atoms with Gasteiger partial charge < -0.3 is 10.6 Å². The third kappa shape index (κ3) is 4.09. The van der Waals surface area contributed by atoms with Crippen molar-refractivity contribution < 1.29 is 27.2 Å². The number of benzene rings is 1. The molecule has 1 aliphatic carbocycles. The minimum atomic E-state index is -4.81. The van der Waals surface area contributed by atoms with Crippen LogP contribution in [0.4, 0.5) is 17.6 Å². The van der Waals surface area contributed by atoms with E-state index in [9.17, 15) is 27.2 Å². The molecule has 5 rings (SSSR count). The number of halogens is 4. The highest BCUT2D eigenvalue weighted by atomic mass is 32.1. The van der Waals surface area contributed by atoms with Crippen LogP contribution in [0.5, 0.6) is 0 Å². The van der Waals surface area contributed by atoms with Crippen LogP contribution >= 0.6 is 11.3 Å². The number of thiazole rings is 1. The van der Waals surface area contributed by atoms with Crippen LogP contribution in [-0.4, -0.2) is 43.6 Å². The highest BCUT2D eigenvalue weighted by Gasteiger charge is 2.55. The van der Waals surface area contributed by atoms with Gasteiger partial charge in [0.15, 0.2) is 5.69 Å². The normalized spacial score (nSPS) is 21.3. The lowest BCUT2D eigenvalue weighted by atomic mass is 10.0. The van der Waals surface area contributed by atoms with Crippen molar-refractivity contribution in [3.8, 4) is 10.4 Å². The zero-order valence-electron chi connectivity index (χ0n) is 18.8. The van der Waals surface area contributed by atoms with E-state index in [1.165, 1.54) is 23.5 Å². The van der Waals surface area contributed by atoms with E-state index in [-0.39, 0.29) is 35.7 Å². The van der Waals surface area contributed by atoms with Crippen LogP contribution in [0.2, 0.25) is 0 Å². The topological polar surface area (TPSA) is 94.1 Å². The summed E-state index contributed by atoms with van der Waals surface area (Å²) in [6.07, 6.45) is -3.49. The molecule has 1 aromatic carbocycles. The molecular formula is C23H21F4N5O2S. The van der Waals surface area contributed by atoms with Crippen LogP contribution in [0, 0.1) is 18.7 Å². The van der Waals surface area contributed by atoms with E-state index in [1.807, 2.05) is 0 Å². The predicted molar refractivity (Wildman–Crippen MR) is 119 cm³/mol. The molecule has 3 heterocycles. The first-order valence-electron chi connectivity index (χ1n) is 10.9. The maximum Gasteiger partial charge on any atom is 0.433 e. The minimum Gasteiger partial charge on any atom is -0.365 e. The summed E-state index contributed by atoms with van der Waals surface area (Å²) in [5.74, 6) is -1.80. The van der Waals surface area contributed by atoms with Crippen molar-refractivity contribution >= 4 is 23.2 Å². The number of likely N-dealkylation sites (tertiary alicyclic amines) is 1. The Morgan fingerprint density at radius 3 is 2.66 bits per heavy atom. The van der Waals surface area contributed by atoms with Crippen molar-refractivity contribution in [3.05, 3.63) is 57.7 Å². The molecule has 184 valence electrons. The maximum atomic E-state index is 13.9. The van der Waals surface area contributed by atoms with Crippen LogP contribution < -0.4 is 5.73 Å². The van der Waals surface area contributed by atoms with Crippen molar-refractivity contribution in [2.75, 3.05) is 0 Å². The van der Waals surface area contributed by atoms with E-state index in [0.29, 0.717) is 26.6 Å². The largest absolute Gasteiger partial charge is 0.433 e. The number of amides is 2. The Bertz CT molecular complexity index is 1350. The third-order valence-corrected chi connectivity index (χ3v) is 7.55. The summed E-state index contributed by atoms with van der Waals surface area (Å²) in [4.78, 5) is 32.3. The SMILES string of the molecule is Cc1nc(C(=O)N2[C@H](Cc3nn(C)c(C(F)(F)F)c3C(N)=O)C[C@@H]3C[C@@H]32)c(-c2cccc(F)c2)s1. The lowest BCUT2D eigenvalue weighted by molar-refractivity contribution is -0.144. The summed E-state index contributed by atoms with van der Waals surface area (Å²) in [7, 11) is 1.11. The maximum absolute atomic E-state index is 13.9. The summed E-state index contributed by atoms with van der Waals surface area (Å²) in [5, 5.41) is 4.58. The van der Waals surface area contributed by atoms with Crippen molar-refractivity contribution in [2.45, 2.75) is 44.4 Å². The number of fused-ring (bicyclic) bond motifs is 1. The zero-order valence-corrected chi connectivity index (χ0v) is 19.6. The lowest BCUT2D eigenvalue weighted by Gasteiger charge is -2.27. The van der Waals surface area contributed by atoms with Gasteiger partial charge in [0, 0.05) is 25.6 Å². The zero-order chi connectivity index (χ0) is 25.2. The summed E-state index contributed by atoms with van der Waals surface area (Å²) < 4.78 is 55.1. The number of aryl methyl sites for hydroxylation is 2. The van der Waals surface area contributed by atoms with Gasteiger partial charge in [0.25, 0.3) is 11.8 Å². The van der Waals surface area contributed by atoms with E-state index in [4.69, 9.17) is 5.73 Å². The van der Waals surface area contributed by atoms with Crippen molar-refractivity contribution in [3.63, 3.8) is 0 Å². The van der Waals surface area contributed by atoms with Crippen LogP contribution in [0.1, 0.15) is 50.1 Å². The number of hydrogen-bond acceptors (Lipinski definition) is 5. The lowest BCUT2D eigenvalue weighted by Crippen LogP contribution is -2.40. The van der Waals surface area contributed by atoms with Crippen LogP contribution in [0.25, 0.3) is 10.4 Å². The quantitative estimate of drug-likeness (QED) is 0.529. The molecule has 35 heavy (non-hydrogen) atoms. The second-order valence-corrected chi connectivity index (χ2v) is 10.1. The van der Waals surface area contributed by atoms with Crippen molar-refractivity contribution in [1.29, 1.82) is 0 Å². The van der Waals surface area contributed by atoms with Crippen molar-refractivity contribution in [2.24, 2.45) is 18.7 Å². The van der Waals surface area contributed by atoms with Crippen LogP contribution in [0.15, 0.2) is 24.3 Å². The Labute approximate surface area is 201 Å². The van der Waals surface area contributed by atoms with Crippen LogP contribution in [0.3, 0.4) is 0 Å². The molecule has 3 aromatic rings. The molecule has 2 amide bonds. The number of rotatable bonds is 5. The number of carbonyl (C=O) groups is 2. The number of nitrogens with zero attached hydrogens (tertiary/aromatic N) is 4. The number of alkyl halides is 3. The van der Waals surface area contributed by atoms with Crippen molar-refractivity contribution in [1.82, 2.24) is 19.7 Å². The summed E-state index contributed by atoms with van der Waals surface area (Å²) >= 11 is 1.27. The summed E-state index contributed by atoms with van der Waals surface area (Å²) in [5.41, 5.74) is 4.06. The van der Waals surface area contributed by atoms with Gasteiger partial charge in [-0.1, -0.05) is 12.1 Å². The average Bonchev–Trinajstić information content (AvgIpc) is 3.09. The second-order valence-electron chi connectivity index (χ2n) is 8.95. The van der Waals surface area contributed by atoms with Gasteiger partial charge in [-0.2, -0.15) is 18.3 Å². The Kier molecular flexibility index (Phi) is 5.46. The molecule has 2 aromatic heterocycles. The van der Waals surface area contributed by atoms with E-state index in [2.05, 4.69) is 10.1 Å². The molecule has 2 N–H and O–H groups in total. The predicted octanol–water partition coefficient (Wildman–Crippen LogP) is 3.95. The molecule has 2 aliphatic rings. The van der Waals surface area contributed by atoms with Gasteiger partial charge in [0.1, 0.15) is 11.5 Å². The average molecular weight is 508 g/mol. The smallest absolute Gasteiger partial charge is 0.365 e. The van der Waals surface area contributed by atoms with Gasteiger partial charge >= 0.3 is 6.18 Å². The summed E-state index contributed by atoms with van der Waals surface area (Å²) in [6, 6.07) is 5.36. The standard InChI is InChI=1S/C23H21F4N5O2S/c1-10-29-18(19(35-10)11-4-3-5-13(24)6-11)22(34)32-14(7-12-8-16(12)32)9-15-17(21(28)33)20(23(25,26)27)31(2)30-15/h3-6,12,14,16H,7-9H2,1-2H3,(H2,28,33)/t12-,14+,16+/m1/s1. The van der Waals surface area contributed by atoms with E-state index in [1.54, 1.807) is 24.0 Å². The minimum absolute atomic E-state index is 0.0423. The molecule has 0 bridgehead atoms. The molecule has 7 nitrogen and oxygen atoms in total. The number of piperidine rings is 1. The van der Waals surface area contributed by atoms with Gasteiger partial charge in [0.05, 0.1) is 21.1 Å². The van der Waals surface area contributed by atoms with Gasteiger partial charge in [-0.15, -0.1) is 11.3 Å². The number of primary amides is 1. The summed E-state index contributed by atoms with van der Waals surface area (Å²) in [6.45, 7) is 1.75. The number of hydrogen-bond donors (Lipinski definition) is 1. The Hall–Kier alpha value is -3.28. The molecule has 1 aliphatic heterocycles. The fraction of sp³-hybridized carbons (Fsp3) is 0.391. The Morgan fingerprint density at radius 1 is 1.26 bits per heavy atom. The fourth-order valence-corrected chi connectivity index (χ4v) is 6.01. The fourth-order valence-electron chi connectivity index (χ4n) is 5.11. The molecule has 1 saturated carbocycles. The number of nitrogens with two attached hydrogens (primary N) is 1. The monoisotopic (exact) mass is 507 g/mol. The second kappa shape index (κ2) is 8.14. The van der Waals surface area contributed by atoms with E-state index >= 15 is 0 Å². The van der Waals surface area contributed by atoms with Gasteiger partial charge in [-0.3, -0.25) is 14.3 Å². The first-order chi connectivity index (χ1) is 16.5. The number of aromatic nitrogens is 3. The molecule has 12 heteroatoms. The van der Waals surface area contributed by atoms with E-state index < -0.39 is 35.2 Å². The molecule has 0 unspecified atom stereocenters. The van der Waals surface area contributed by atoms with Gasteiger partial charge in [-0.25, -0.2) is 9.37 Å². The first-order valence-corrected chi connectivity index (χ1v) is 11.8. The third-order valence-electron chi connectivity index (χ3n) is 6.53. The molecule has 0 radical (unpaired) electrons. The van der Waals surface area contributed by atoms with Gasteiger partial charge in [0.2, 0.25) is 0 Å². The Balaban J connectivity index is 1.50. The molecular weight excluding hydrogens is 486 g/mol. The molecule has 3 atom stereocenters. The number of carbonyl (C=O) groups excluding carboxylic acids is 2. The molecule has 0 spiro atoms. The highest BCUT2D eigenvalue weighted by molar-refractivity contribution is 7.15. The molecule has 2 fully saturated rings. The highest BCUT2D eigenvalue weighted by Crippen LogP contribution is 2.50. The first kappa shape index (κ1) is 23.5. The molecule has 1 saturated heterocycles. The van der Waals surface area contributed by atoms with E-state index in [0.717, 1.165) is 13.5 Å². The van der Waals surface area contributed by atoms with Crippen LogP contribution in [-0.2, 0) is 19.6 Å². The van der Waals surface area contributed by atoms with Gasteiger partial charge in [-0.05, 0) is 43.4 Å². The Morgan fingerprint density at radius 2 is 2.00 bits per heavy atom.